The maximum Gasteiger partial charge on any atom is 0.327 e. The lowest BCUT2D eigenvalue weighted by Crippen LogP contribution is -2.40. The fourth-order valence-electron chi connectivity index (χ4n) is 0.645. The number of carbonyl (C=O) groups excluding carboxylic acids is 1. The Balaban J connectivity index is 0. The van der Waals surface area contributed by atoms with Gasteiger partial charge in [0, 0.05) is 12.7 Å². The van der Waals surface area contributed by atoms with Gasteiger partial charge >= 0.3 is 17.9 Å². The highest BCUT2D eigenvalue weighted by Crippen LogP contribution is 1.87. The van der Waals surface area contributed by atoms with Crippen LogP contribution in [0.5, 0.6) is 0 Å². The highest BCUT2D eigenvalue weighted by Gasteiger charge is 2.15. The third-order valence-electron chi connectivity index (χ3n) is 1.41. The molecule has 0 aliphatic rings. The monoisotopic (exact) mass is 281 g/mol. The van der Waals surface area contributed by atoms with E-state index in [1.165, 1.54) is 6.92 Å². The zero-order valence-electron chi connectivity index (χ0n) is 9.62. The fourth-order valence-corrected chi connectivity index (χ4v) is 0.892. The van der Waals surface area contributed by atoms with Crippen LogP contribution in [-0.2, 0) is 19.2 Å². The number of carbonyl (C=O) groups is 4. The molecule has 0 saturated carbocycles. The molecular formula is C9H15NO7S. The standard InChI is InChI=1S/C5H9NO3S.C4H6O4/c1-3(7)6-4(2-10)5(8)9;5-3(6)1-2-4(7)8/h4,10H,2H2,1H3,(H,6,7)(H,8,9);1-2H2,(H,5,6)(H,7,8). The van der Waals surface area contributed by atoms with Crippen LogP contribution in [0, 0.1) is 0 Å². The van der Waals surface area contributed by atoms with Crippen molar-refractivity contribution in [3.05, 3.63) is 0 Å². The molecule has 0 fully saturated rings. The van der Waals surface area contributed by atoms with Gasteiger partial charge in [0.15, 0.2) is 0 Å². The topological polar surface area (TPSA) is 141 Å². The lowest BCUT2D eigenvalue weighted by molar-refractivity contribution is -0.143. The predicted molar refractivity (Wildman–Crippen MR) is 63.6 cm³/mol. The summed E-state index contributed by atoms with van der Waals surface area (Å²) in [7, 11) is 0. The molecule has 0 aromatic heterocycles. The highest BCUT2D eigenvalue weighted by molar-refractivity contribution is 7.80. The quantitative estimate of drug-likeness (QED) is 0.411. The van der Waals surface area contributed by atoms with Crippen LogP contribution >= 0.6 is 12.6 Å². The van der Waals surface area contributed by atoms with Gasteiger partial charge in [-0.15, -0.1) is 0 Å². The summed E-state index contributed by atoms with van der Waals surface area (Å²) in [6.45, 7) is 1.26. The largest absolute Gasteiger partial charge is 0.481 e. The maximum atomic E-state index is 10.3. The van der Waals surface area contributed by atoms with Crippen molar-refractivity contribution in [2.24, 2.45) is 0 Å². The summed E-state index contributed by atoms with van der Waals surface area (Å²) in [5, 5.41) is 26.4. The molecule has 9 heteroatoms. The molecule has 104 valence electrons. The van der Waals surface area contributed by atoms with Crippen LogP contribution in [0.25, 0.3) is 0 Å². The van der Waals surface area contributed by atoms with E-state index in [4.69, 9.17) is 15.3 Å². The molecule has 1 amide bonds. The van der Waals surface area contributed by atoms with Crippen LogP contribution in [0.15, 0.2) is 0 Å². The number of hydrogen-bond donors (Lipinski definition) is 5. The van der Waals surface area contributed by atoms with E-state index < -0.39 is 23.9 Å². The summed E-state index contributed by atoms with van der Waals surface area (Å²) < 4.78 is 0. The zero-order valence-corrected chi connectivity index (χ0v) is 10.5. The average Bonchev–Trinajstić information content (AvgIpc) is 2.23. The molecule has 18 heavy (non-hydrogen) atoms. The molecule has 0 bridgehead atoms. The van der Waals surface area contributed by atoms with Crippen molar-refractivity contribution in [2.45, 2.75) is 25.8 Å². The Kier molecular flexibility index (Phi) is 10.7. The van der Waals surface area contributed by atoms with Crippen molar-refractivity contribution in [2.75, 3.05) is 5.75 Å². The Hall–Kier alpha value is -1.77. The first kappa shape index (κ1) is 18.6. The maximum absolute atomic E-state index is 10.3. The molecule has 0 aromatic carbocycles. The summed E-state index contributed by atoms with van der Waals surface area (Å²) in [5.74, 6) is -3.47. The van der Waals surface area contributed by atoms with E-state index >= 15 is 0 Å². The van der Waals surface area contributed by atoms with Crippen LogP contribution in [0.1, 0.15) is 19.8 Å². The van der Waals surface area contributed by atoms with E-state index in [2.05, 4.69) is 17.9 Å². The zero-order chi connectivity index (χ0) is 14.7. The number of rotatable bonds is 6. The van der Waals surface area contributed by atoms with Gasteiger partial charge in [0.2, 0.25) is 5.91 Å². The van der Waals surface area contributed by atoms with E-state index in [9.17, 15) is 19.2 Å². The smallest absolute Gasteiger partial charge is 0.327 e. The first-order valence-electron chi connectivity index (χ1n) is 4.75. The van der Waals surface area contributed by atoms with Crippen molar-refractivity contribution in [1.29, 1.82) is 0 Å². The van der Waals surface area contributed by atoms with Gasteiger partial charge < -0.3 is 20.6 Å². The number of carboxylic acid groups (broad SMARTS) is 3. The average molecular weight is 281 g/mol. The first-order valence-corrected chi connectivity index (χ1v) is 5.38. The van der Waals surface area contributed by atoms with Crippen molar-refractivity contribution in [3.8, 4) is 0 Å². The summed E-state index contributed by atoms with van der Waals surface area (Å²) >= 11 is 3.73. The molecule has 0 aromatic rings. The third-order valence-corrected chi connectivity index (χ3v) is 1.78. The molecule has 0 heterocycles. The SMILES string of the molecule is CC(=O)NC(CS)C(=O)O.O=C(O)CCC(=O)O. The molecule has 0 rings (SSSR count). The number of nitrogens with one attached hydrogen (secondary N) is 1. The van der Waals surface area contributed by atoms with Crippen molar-refractivity contribution < 1.29 is 34.5 Å². The van der Waals surface area contributed by atoms with Crippen LogP contribution in [-0.4, -0.2) is 50.9 Å². The van der Waals surface area contributed by atoms with Crippen molar-refractivity contribution in [3.63, 3.8) is 0 Å². The lowest BCUT2D eigenvalue weighted by Gasteiger charge is -2.08. The minimum atomic E-state index is -1.08. The number of thiol groups is 1. The Labute approximate surface area is 108 Å². The molecule has 8 nitrogen and oxygen atoms in total. The van der Waals surface area contributed by atoms with Gasteiger partial charge in [0.25, 0.3) is 0 Å². The lowest BCUT2D eigenvalue weighted by atomic mass is 10.3. The Bertz CT molecular complexity index is 304. The van der Waals surface area contributed by atoms with E-state index in [0.717, 1.165) is 0 Å². The van der Waals surface area contributed by atoms with Crippen molar-refractivity contribution in [1.82, 2.24) is 5.32 Å². The second-order valence-electron chi connectivity index (χ2n) is 3.06. The molecule has 1 unspecified atom stereocenters. The van der Waals surface area contributed by atoms with Crippen LogP contribution in [0.3, 0.4) is 0 Å². The summed E-state index contributed by atoms with van der Waals surface area (Å²) in [6.07, 6.45) is -0.593. The van der Waals surface area contributed by atoms with Gasteiger partial charge in [0.1, 0.15) is 6.04 Å². The number of carboxylic acids is 3. The molecular weight excluding hydrogens is 266 g/mol. The van der Waals surface area contributed by atoms with Crippen LogP contribution in [0.2, 0.25) is 0 Å². The number of aliphatic carboxylic acids is 3. The third kappa shape index (κ3) is 14.2. The van der Waals surface area contributed by atoms with Gasteiger partial charge in [-0.05, 0) is 0 Å². The van der Waals surface area contributed by atoms with Gasteiger partial charge in [0.05, 0.1) is 12.8 Å². The van der Waals surface area contributed by atoms with Gasteiger partial charge in [-0.2, -0.15) is 12.6 Å². The van der Waals surface area contributed by atoms with E-state index in [-0.39, 0.29) is 24.5 Å². The second-order valence-corrected chi connectivity index (χ2v) is 3.43. The van der Waals surface area contributed by atoms with Gasteiger partial charge in [-0.3, -0.25) is 14.4 Å². The molecule has 0 spiro atoms. The summed E-state index contributed by atoms with van der Waals surface area (Å²) in [5.41, 5.74) is 0. The minimum absolute atomic E-state index is 0.106. The Morgan fingerprint density at radius 1 is 1.06 bits per heavy atom. The number of hydrogen-bond acceptors (Lipinski definition) is 5. The van der Waals surface area contributed by atoms with Gasteiger partial charge in [-0.25, -0.2) is 4.79 Å². The van der Waals surface area contributed by atoms with Gasteiger partial charge in [-0.1, -0.05) is 0 Å². The molecule has 0 aliphatic carbocycles. The number of amides is 1. The Morgan fingerprint density at radius 3 is 1.56 bits per heavy atom. The normalized spacial score (nSPS) is 10.6. The minimum Gasteiger partial charge on any atom is -0.481 e. The molecule has 4 N–H and O–H groups in total. The second kappa shape index (κ2) is 10.4. The van der Waals surface area contributed by atoms with Crippen LogP contribution in [0.4, 0.5) is 0 Å². The summed E-state index contributed by atoms with van der Waals surface area (Å²) in [6, 6.07) is -0.874. The highest BCUT2D eigenvalue weighted by atomic mass is 32.1. The molecule has 1 atom stereocenters. The predicted octanol–water partition coefficient (Wildman–Crippen LogP) is -0.559. The van der Waals surface area contributed by atoms with Crippen LogP contribution < -0.4 is 5.32 Å². The molecule has 0 aliphatic heterocycles. The fraction of sp³-hybridized carbons (Fsp3) is 0.556. The molecule has 0 saturated heterocycles. The Morgan fingerprint density at radius 2 is 1.44 bits per heavy atom. The van der Waals surface area contributed by atoms with E-state index in [1.54, 1.807) is 0 Å². The van der Waals surface area contributed by atoms with Crippen molar-refractivity contribution >= 4 is 36.4 Å². The van der Waals surface area contributed by atoms with E-state index in [0.29, 0.717) is 0 Å². The molecule has 0 radical (unpaired) electrons. The van der Waals surface area contributed by atoms with E-state index in [1.807, 2.05) is 0 Å². The summed E-state index contributed by atoms with van der Waals surface area (Å²) in [4.78, 5) is 39.8. The first-order chi connectivity index (χ1) is 8.20.